The minimum Gasteiger partial charge on any atom is -0.322 e. The molecule has 36 heavy (non-hydrogen) atoms. The normalized spacial score (nSPS) is 12.9. The average Bonchev–Trinajstić information content (AvgIpc) is 3.21. The number of carbonyl (C=O) groups is 1. The molecule has 1 aliphatic heterocycles. The lowest BCUT2D eigenvalue weighted by Crippen LogP contribution is -2.44. The summed E-state index contributed by atoms with van der Waals surface area (Å²) in [4.78, 5) is 23.6. The number of urea groups is 1. The fourth-order valence-corrected chi connectivity index (χ4v) is 3.72. The van der Waals surface area contributed by atoms with Gasteiger partial charge in [0.05, 0.1) is 75.7 Å². The highest BCUT2D eigenvalue weighted by Gasteiger charge is 2.28. The Morgan fingerprint density at radius 1 is 0.500 bits per heavy atom. The molecule has 0 atom stereocenters. The van der Waals surface area contributed by atoms with E-state index >= 15 is 0 Å². The lowest BCUT2D eigenvalue weighted by molar-refractivity contribution is 0.167. The number of rotatable bonds is 18. The standard InChI is InChI=1S/C23H32N12O/c24-1-7-30(8-2-25)13-15-33(16-14-31(9-3-26)10-4-27)18-20-35-22-21-34(23(35)36)19-17-32(11-5-28)12-6-29/h7-22H2. The van der Waals surface area contributed by atoms with Gasteiger partial charge in [-0.05, 0) is 0 Å². The molecule has 0 radical (unpaired) electrons. The fraction of sp³-hybridized carbons (Fsp3) is 0.696. The molecule has 1 heterocycles. The number of nitrogens with zero attached hydrogens (tertiary/aromatic N) is 12. The summed E-state index contributed by atoms with van der Waals surface area (Å²) in [6.07, 6.45) is 0. The highest BCUT2D eigenvalue weighted by molar-refractivity contribution is 5.76. The van der Waals surface area contributed by atoms with Crippen molar-refractivity contribution in [3.05, 3.63) is 0 Å². The summed E-state index contributed by atoms with van der Waals surface area (Å²) in [5.41, 5.74) is 0. The third-order valence-electron chi connectivity index (χ3n) is 5.78. The summed E-state index contributed by atoms with van der Waals surface area (Å²) in [6.45, 7) is 6.09. The Labute approximate surface area is 213 Å². The molecule has 1 rings (SSSR count). The van der Waals surface area contributed by atoms with Crippen LogP contribution in [0.5, 0.6) is 0 Å². The van der Waals surface area contributed by atoms with Gasteiger partial charge < -0.3 is 9.80 Å². The van der Waals surface area contributed by atoms with Gasteiger partial charge >= 0.3 is 6.03 Å². The molecule has 0 saturated carbocycles. The summed E-state index contributed by atoms with van der Waals surface area (Å²) in [7, 11) is 0. The zero-order chi connectivity index (χ0) is 26.6. The first-order valence-electron chi connectivity index (χ1n) is 11.7. The number of hydrogen-bond acceptors (Lipinski definition) is 11. The van der Waals surface area contributed by atoms with Crippen LogP contribution >= 0.6 is 0 Å². The van der Waals surface area contributed by atoms with Gasteiger partial charge in [-0.25, -0.2) is 4.79 Å². The number of hydrogen-bond donors (Lipinski definition) is 0. The molecule has 0 aromatic heterocycles. The molecule has 190 valence electrons. The van der Waals surface area contributed by atoms with Gasteiger partial charge in [0.15, 0.2) is 0 Å². The van der Waals surface area contributed by atoms with Crippen molar-refractivity contribution in [1.82, 2.24) is 29.4 Å². The highest BCUT2D eigenvalue weighted by Crippen LogP contribution is 2.09. The van der Waals surface area contributed by atoms with Crippen molar-refractivity contribution in [2.45, 2.75) is 0 Å². The zero-order valence-electron chi connectivity index (χ0n) is 20.6. The van der Waals surface area contributed by atoms with Gasteiger partial charge in [0.2, 0.25) is 0 Å². The Bertz CT molecular complexity index is 840. The van der Waals surface area contributed by atoms with Gasteiger partial charge in [-0.15, -0.1) is 0 Å². The Morgan fingerprint density at radius 3 is 1.11 bits per heavy atom. The van der Waals surface area contributed by atoms with Crippen molar-refractivity contribution in [3.8, 4) is 36.4 Å². The predicted molar refractivity (Wildman–Crippen MR) is 128 cm³/mol. The molecule has 0 bridgehead atoms. The second kappa shape index (κ2) is 18.4. The molecule has 13 heteroatoms. The molecule has 13 nitrogen and oxygen atoms in total. The van der Waals surface area contributed by atoms with E-state index in [1.54, 1.807) is 24.5 Å². The van der Waals surface area contributed by atoms with Gasteiger partial charge in [0.1, 0.15) is 0 Å². The van der Waals surface area contributed by atoms with Crippen LogP contribution in [-0.2, 0) is 0 Å². The first kappa shape index (κ1) is 30.1. The second-order valence-electron chi connectivity index (χ2n) is 8.18. The van der Waals surface area contributed by atoms with E-state index in [0.29, 0.717) is 65.4 Å². The van der Waals surface area contributed by atoms with Crippen LogP contribution in [0.25, 0.3) is 0 Å². The van der Waals surface area contributed by atoms with Crippen LogP contribution in [0.3, 0.4) is 0 Å². The smallest absolute Gasteiger partial charge is 0.320 e. The Morgan fingerprint density at radius 2 is 0.778 bits per heavy atom. The van der Waals surface area contributed by atoms with E-state index in [1.807, 2.05) is 12.1 Å². The maximum Gasteiger partial charge on any atom is 0.320 e. The van der Waals surface area contributed by atoms with Gasteiger partial charge in [0.25, 0.3) is 0 Å². The largest absolute Gasteiger partial charge is 0.322 e. The van der Waals surface area contributed by atoms with E-state index in [1.165, 1.54) is 0 Å². The molecule has 1 saturated heterocycles. The minimum atomic E-state index is -0.0880. The van der Waals surface area contributed by atoms with Crippen LogP contribution in [0.15, 0.2) is 0 Å². The van der Waals surface area contributed by atoms with Crippen LogP contribution < -0.4 is 0 Å². The predicted octanol–water partition coefficient (Wildman–Crippen LogP) is -0.927. The summed E-state index contributed by atoms with van der Waals surface area (Å²) in [5.74, 6) is 0. The van der Waals surface area contributed by atoms with Crippen molar-refractivity contribution in [2.75, 3.05) is 105 Å². The van der Waals surface area contributed by atoms with Gasteiger partial charge in [0, 0.05) is 65.4 Å². The van der Waals surface area contributed by atoms with E-state index < -0.39 is 0 Å². The number of nitriles is 6. The van der Waals surface area contributed by atoms with E-state index in [-0.39, 0.29) is 45.3 Å². The molecule has 1 aliphatic rings. The first-order chi connectivity index (χ1) is 17.5. The topological polar surface area (TPSA) is 179 Å². The van der Waals surface area contributed by atoms with E-state index in [9.17, 15) is 4.79 Å². The molecular formula is C23H32N12O. The van der Waals surface area contributed by atoms with Crippen LogP contribution in [0, 0.1) is 68.0 Å². The molecule has 0 N–H and O–H groups in total. The van der Waals surface area contributed by atoms with Crippen molar-refractivity contribution >= 4 is 6.03 Å². The Kier molecular flexibility index (Phi) is 15.4. The summed E-state index contributed by atoms with van der Waals surface area (Å²) in [6, 6.07) is 12.2. The first-order valence-corrected chi connectivity index (χ1v) is 11.7. The molecule has 0 spiro atoms. The van der Waals surface area contributed by atoms with E-state index in [4.69, 9.17) is 31.6 Å². The number of carbonyl (C=O) groups excluding carboxylic acids is 1. The Hall–Kier alpha value is -3.95. The van der Waals surface area contributed by atoms with Crippen molar-refractivity contribution in [3.63, 3.8) is 0 Å². The molecule has 0 aromatic rings. The maximum absolute atomic E-state index is 12.8. The number of amides is 2. The third-order valence-corrected chi connectivity index (χ3v) is 5.78. The van der Waals surface area contributed by atoms with Crippen molar-refractivity contribution in [2.24, 2.45) is 0 Å². The van der Waals surface area contributed by atoms with Gasteiger partial charge in [-0.2, -0.15) is 31.6 Å². The average molecular weight is 493 g/mol. The molecule has 2 amide bonds. The molecular weight excluding hydrogens is 460 g/mol. The monoisotopic (exact) mass is 492 g/mol. The summed E-state index contributed by atoms with van der Waals surface area (Å²) in [5, 5.41) is 53.7. The lowest BCUT2D eigenvalue weighted by Gasteiger charge is -2.29. The third kappa shape index (κ3) is 11.5. The quantitative estimate of drug-likeness (QED) is 0.216. The zero-order valence-corrected chi connectivity index (χ0v) is 20.6. The van der Waals surface area contributed by atoms with Crippen LogP contribution in [-0.4, -0.2) is 140 Å². The van der Waals surface area contributed by atoms with E-state index in [2.05, 4.69) is 29.2 Å². The van der Waals surface area contributed by atoms with Gasteiger partial charge in [-0.1, -0.05) is 0 Å². The van der Waals surface area contributed by atoms with Crippen molar-refractivity contribution in [1.29, 1.82) is 31.6 Å². The van der Waals surface area contributed by atoms with Gasteiger partial charge in [-0.3, -0.25) is 19.6 Å². The Balaban J connectivity index is 2.69. The SMILES string of the molecule is N#CCN(CC#N)CCN(CCN(CC#N)CC#N)CCN1CCN(CCN(CC#N)CC#N)C1=O. The van der Waals surface area contributed by atoms with Crippen molar-refractivity contribution < 1.29 is 4.79 Å². The second-order valence-corrected chi connectivity index (χ2v) is 8.18. The van der Waals surface area contributed by atoms with E-state index in [0.717, 1.165) is 0 Å². The fourth-order valence-electron chi connectivity index (χ4n) is 3.72. The summed E-state index contributed by atoms with van der Waals surface area (Å²) >= 11 is 0. The molecule has 1 fully saturated rings. The maximum atomic E-state index is 12.8. The minimum absolute atomic E-state index is 0.0880. The molecule has 0 aromatic carbocycles. The lowest BCUT2D eigenvalue weighted by atomic mass is 10.3. The van der Waals surface area contributed by atoms with Crippen LogP contribution in [0.4, 0.5) is 4.79 Å². The van der Waals surface area contributed by atoms with Crippen LogP contribution in [0.1, 0.15) is 0 Å². The molecule has 0 unspecified atom stereocenters. The van der Waals surface area contributed by atoms with Crippen LogP contribution in [0.2, 0.25) is 0 Å². The highest BCUT2D eigenvalue weighted by atomic mass is 16.2. The molecule has 0 aliphatic carbocycles. The summed E-state index contributed by atoms with van der Waals surface area (Å²) < 4.78 is 0.